The first-order valence-electron chi connectivity index (χ1n) is 10.6. The predicted octanol–water partition coefficient (Wildman–Crippen LogP) is 3.25. The topological polar surface area (TPSA) is 6.25 Å². The van der Waals surface area contributed by atoms with Crippen LogP contribution in [-0.4, -0.2) is 24.0 Å². The molecule has 0 amide bonds. The van der Waals surface area contributed by atoms with Crippen molar-refractivity contribution in [3.63, 3.8) is 0 Å². The highest BCUT2D eigenvalue weighted by Gasteiger charge is 2.30. The van der Waals surface area contributed by atoms with Gasteiger partial charge in [-0.2, -0.15) is 0 Å². The second kappa shape index (κ2) is 9.60. The Morgan fingerprint density at radius 1 is 0.857 bits per heavy atom. The molecule has 2 aromatic carbocycles. The molecular weight excluding hydrogens is 364 g/mol. The molecule has 2 nitrogen and oxygen atoms in total. The molecule has 0 radical (unpaired) electrons. The summed E-state index contributed by atoms with van der Waals surface area (Å²) in [5.41, 5.74) is 8.68. The standard InChI is InChI=1S/C25H35N2.ClH/c1-7-20-11-9-12-21(8-2)24(20)26-15-16-27(17-26)25-22(18(3)4)13-10-14-23(25)19(5)6;/h9-14,17-19H,7-8,15-16H2,1-6H3;1H/q+1;/p-1. The van der Waals surface area contributed by atoms with E-state index in [0.29, 0.717) is 11.8 Å². The molecule has 0 spiro atoms. The quantitative estimate of drug-likeness (QED) is 0.677. The van der Waals surface area contributed by atoms with Gasteiger partial charge in [0.15, 0.2) is 0 Å². The van der Waals surface area contributed by atoms with Crippen LogP contribution in [0.4, 0.5) is 11.4 Å². The summed E-state index contributed by atoms with van der Waals surface area (Å²) in [6, 6.07) is 13.6. The number of anilines is 1. The molecule has 0 saturated heterocycles. The molecule has 0 aromatic heterocycles. The number of benzene rings is 2. The van der Waals surface area contributed by atoms with Crippen molar-refractivity contribution in [1.29, 1.82) is 0 Å². The highest BCUT2D eigenvalue weighted by Crippen LogP contribution is 2.36. The molecular formula is C25H35ClN2. The van der Waals surface area contributed by atoms with Crippen LogP contribution in [0, 0.1) is 0 Å². The van der Waals surface area contributed by atoms with Crippen LogP contribution in [0.2, 0.25) is 0 Å². The summed E-state index contributed by atoms with van der Waals surface area (Å²) in [5.74, 6) is 1.05. The maximum Gasteiger partial charge on any atom is 0.244 e. The summed E-state index contributed by atoms with van der Waals surface area (Å²) in [4.78, 5) is 2.50. The van der Waals surface area contributed by atoms with E-state index in [9.17, 15) is 0 Å². The summed E-state index contributed by atoms with van der Waals surface area (Å²) in [6.07, 6.45) is 4.52. The SMILES string of the molecule is CCc1cccc(CC)c1[N+]1=CN(c2c(C(C)C)cccc2C(C)C)CC1.[Cl-]. The maximum atomic E-state index is 2.50. The number of halogens is 1. The maximum absolute atomic E-state index is 2.50. The number of nitrogens with zero attached hydrogens (tertiary/aromatic N) is 2. The molecule has 0 N–H and O–H groups in total. The van der Waals surface area contributed by atoms with Gasteiger partial charge in [-0.1, -0.05) is 77.9 Å². The van der Waals surface area contributed by atoms with Gasteiger partial charge in [0.05, 0.1) is 0 Å². The molecule has 1 aliphatic rings. The van der Waals surface area contributed by atoms with Gasteiger partial charge in [-0.05, 0) is 35.8 Å². The highest BCUT2D eigenvalue weighted by atomic mass is 35.5. The van der Waals surface area contributed by atoms with Crippen molar-refractivity contribution in [3.8, 4) is 0 Å². The first kappa shape index (κ1) is 22.5. The van der Waals surface area contributed by atoms with Crippen LogP contribution in [0.5, 0.6) is 0 Å². The third-order valence-electron chi connectivity index (χ3n) is 5.74. The van der Waals surface area contributed by atoms with Crippen molar-refractivity contribution in [1.82, 2.24) is 0 Å². The van der Waals surface area contributed by atoms with E-state index < -0.39 is 0 Å². The van der Waals surface area contributed by atoms with E-state index >= 15 is 0 Å². The molecule has 2 aromatic rings. The van der Waals surface area contributed by atoms with Crippen molar-refractivity contribution in [2.45, 2.75) is 66.2 Å². The Bertz CT molecular complexity index is 788. The monoisotopic (exact) mass is 398 g/mol. The molecule has 0 bridgehead atoms. The van der Waals surface area contributed by atoms with E-state index in [-0.39, 0.29) is 12.4 Å². The van der Waals surface area contributed by atoms with Crippen LogP contribution < -0.4 is 17.3 Å². The van der Waals surface area contributed by atoms with Gasteiger partial charge >= 0.3 is 0 Å². The molecule has 0 unspecified atom stereocenters. The van der Waals surface area contributed by atoms with Crippen molar-refractivity contribution < 1.29 is 17.0 Å². The summed E-state index contributed by atoms with van der Waals surface area (Å²) in [5, 5.41) is 0. The van der Waals surface area contributed by atoms with Gasteiger partial charge in [0.25, 0.3) is 0 Å². The molecule has 152 valence electrons. The van der Waals surface area contributed by atoms with Gasteiger partial charge in [-0.25, -0.2) is 9.48 Å². The van der Waals surface area contributed by atoms with Crippen LogP contribution in [0.15, 0.2) is 36.4 Å². The summed E-state index contributed by atoms with van der Waals surface area (Å²) in [7, 11) is 0. The Morgan fingerprint density at radius 3 is 1.82 bits per heavy atom. The van der Waals surface area contributed by atoms with Crippen LogP contribution in [-0.2, 0) is 12.8 Å². The van der Waals surface area contributed by atoms with Crippen molar-refractivity contribution in [2.24, 2.45) is 0 Å². The molecule has 0 aliphatic carbocycles. The Kier molecular flexibility index (Phi) is 7.71. The first-order valence-corrected chi connectivity index (χ1v) is 10.6. The van der Waals surface area contributed by atoms with E-state index in [4.69, 9.17) is 0 Å². The van der Waals surface area contributed by atoms with Crippen LogP contribution in [0.25, 0.3) is 0 Å². The molecule has 28 heavy (non-hydrogen) atoms. The highest BCUT2D eigenvalue weighted by molar-refractivity contribution is 5.82. The third kappa shape index (κ3) is 4.27. The number of rotatable bonds is 6. The molecule has 1 aliphatic heterocycles. The van der Waals surface area contributed by atoms with Crippen LogP contribution >= 0.6 is 0 Å². The lowest BCUT2D eigenvalue weighted by molar-refractivity contribution is -0.425. The number of para-hydroxylation sites is 2. The van der Waals surface area contributed by atoms with Gasteiger partial charge in [-0.3, -0.25) is 0 Å². The van der Waals surface area contributed by atoms with Crippen LogP contribution in [0.3, 0.4) is 0 Å². The Morgan fingerprint density at radius 2 is 1.36 bits per heavy atom. The van der Waals surface area contributed by atoms with Crippen molar-refractivity contribution in [2.75, 3.05) is 18.0 Å². The molecule has 3 heteroatoms. The Hall–Kier alpha value is -1.80. The largest absolute Gasteiger partial charge is 1.00 e. The van der Waals surface area contributed by atoms with Crippen molar-refractivity contribution in [3.05, 3.63) is 58.7 Å². The second-order valence-electron chi connectivity index (χ2n) is 8.23. The average Bonchev–Trinajstić information content (AvgIpc) is 3.15. The van der Waals surface area contributed by atoms with E-state index in [2.05, 4.69) is 93.8 Å². The lowest BCUT2D eigenvalue weighted by Crippen LogP contribution is -3.00. The minimum atomic E-state index is 0. The van der Waals surface area contributed by atoms with Gasteiger partial charge in [0.1, 0.15) is 24.5 Å². The summed E-state index contributed by atoms with van der Waals surface area (Å²) < 4.78 is 2.48. The fourth-order valence-corrected chi connectivity index (χ4v) is 4.27. The lowest BCUT2D eigenvalue weighted by atomic mass is 9.92. The van der Waals surface area contributed by atoms with Crippen LogP contribution in [0.1, 0.15) is 75.6 Å². The fraction of sp³-hybridized carbons (Fsp3) is 0.480. The summed E-state index contributed by atoms with van der Waals surface area (Å²) >= 11 is 0. The predicted molar refractivity (Wildman–Crippen MR) is 118 cm³/mol. The van der Waals surface area contributed by atoms with Gasteiger partial charge in [0, 0.05) is 11.1 Å². The first-order chi connectivity index (χ1) is 13.0. The van der Waals surface area contributed by atoms with E-state index in [1.54, 1.807) is 0 Å². The summed E-state index contributed by atoms with van der Waals surface area (Å²) in [6.45, 7) is 15.8. The second-order valence-corrected chi connectivity index (χ2v) is 8.23. The number of aryl methyl sites for hydroxylation is 2. The molecule has 0 fully saturated rings. The van der Waals surface area contributed by atoms with Crippen molar-refractivity contribution >= 4 is 17.7 Å². The van der Waals surface area contributed by atoms with E-state index in [1.807, 2.05) is 0 Å². The normalized spacial score (nSPS) is 13.9. The Labute approximate surface area is 177 Å². The molecule has 3 rings (SSSR count). The fourth-order valence-electron chi connectivity index (χ4n) is 4.27. The number of hydrogen-bond donors (Lipinski definition) is 0. The molecule has 0 saturated carbocycles. The van der Waals surface area contributed by atoms with Gasteiger partial charge < -0.3 is 12.4 Å². The Balaban J connectivity index is 0.00000280. The zero-order valence-electron chi connectivity index (χ0n) is 18.3. The zero-order valence-corrected chi connectivity index (χ0v) is 19.1. The molecule has 1 heterocycles. The smallest absolute Gasteiger partial charge is 0.244 e. The van der Waals surface area contributed by atoms with Gasteiger partial charge in [-0.15, -0.1) is 0 Å². The van der Waals surface area contributed by atoms with E-state index in [0.717, 1.165) is 25.9 Å². The number of hydrogen-bond acceptors (Lipinski definition) is 1. The third-order valence-corrected chi connectivity index (χ3v) is 5.74. The lowest BCUT2D eigenvalue weighted by Gasteiger charge is -2.20. The van der Waals surface area contributed by atoms with Gasteiger partial charge in [0.2, 0.25) is 6.34 Å². The minimum absolute atomic E-state index is 0. The minimum Gasteiger partial charge on any atom is -1.00 e. The average molecular weight is 399 g/mol. The zero-order chi connectivity index (χ0) is 19.6. The van der Waals surface area contributed by atoms with E-state index in [1.165, 1.54) is 33.6 Å². The molecule has 0 atom stereocenters.